The zero-order valence-electron chi connectivity index (χ0n) is 13.1. The van der Waals surface area contributed by atoms with Crippen LogP contribution in [0.15, 0.2) is 18.2 Å². The molecule has 0 spiro atoms. The quantitative estimate of drug-likeness (QED) is 0.760. The van der Waals surface area contributed by atoms with Crippen molar-refractivity contribution >= 4 is 11.7 Å². The number of anilines is 1. The van der Waals surface area contributed by atoms with Crippen LogP contribution in [0.2, 0.25) is 0 Å². The van der Waals surface area contributed by atoms with Gasteiger partial charge in [0.25, 0.3) is 0 Å². The summed E-state index contributed by atoms with van der Waals surface area (Å²) in [6.07, 6.45) is 0.922. The number of rotatable bonds is 9. The predicted molar refractivity (Wildman–Crippen MR) is 83.7 cm³/mol. The molecule has 0 heterocycles. The van der Waals surface area contributed by atoms with Gasteiger partial charge in [0.2, 0.25) is 0 Å². The van der Waals surface area contributed by atoms with Crippen LogP contribution in [-0.2, 0) is 0 Å². The molecule has 0 aliphatic heterocycles. The molecule has 0 unspecified atom stereocenters. The maximum atomic E-state index is 13.7. The van der Waals surface area contributed by atoms with E-state index in [-0.39, 0.29) is 5.56 Å². The van der Waals surface area contributed by atoms with Crippen LogP contribution in [0.1, 0.15) is 37.6 Å². The summed E-state index contributed by atoms with van der Waals surface area (Å²) in [6, 6.07) is 4.42. The van der Waals surface area contributed by atoms with Crippen molar-refractivity contribution in [1.29, 1.82) is 0 Å². The standard InChI is InChI=1S/C16H25FN2O2/c1-4-18(5-2)11-8-12-19(6-3)14-10-7-9-13(17)15(14)16(20)21/h7,9-10H,4-6,8,11-12H2,1-3H3,(H,20,21). The smallest absolute Gasteiger partial charge is 0.340 e. The largest absolute Gasteiger partial charge is 0.478 e. The molecule has 0 saturated carbocycles. The minimum atomic E-state index is -1.22. The van der Waals surface area contributed by atoms with E-state index in [1.54, 1.807) is 12.1 Å². The maximum absolute atomic E-state index is 13.7. The van der Waals surface area contributed by atoms with Crippen molar-refractivity contribution in [2.45, 2.75) is 27.2 Å². The fraction of sp³-hybridized carbons (Fsp3) is 0.562. The van der Waals surface area contributed by atoms with Crippen LogP contribution >= 0.6 is 0 Å². The Bertz CT molecular complexity index is 462. The number of carbonyl (C=O) groups is 1. The predicted octanol–water partition coefficient (Wildman–Crippen LogP) is 3.08. The average molecular weight is 296 g/mol. The number of benzene rings is 1. The summed E-state index contributed by atoms with van der Waals surface area (Å²) < 4.78 is 13.7. The molecule has 0 radical (unpaired) electrons. The molecular formula is C16H25FN2O2. The molecule has 0 aromatic heterocycles. The van der Waals surface area contributed by atoms with E-state index in [4.69, 9.17) is 0 Å². The van der Waals surface area contributed by atoms with Crippen LogP contribution in [0.3, 0.4) is 0 Å². The van der Waals surface area contributed by atoms with E-state index in [1.165, 1.54) is 6.07 Å². The zero-order chi connectivity index (χ0) is 15.8. The molecule has 118 valence electrons. The highest BCUT2D eigenvalue weighted by atomic mass is 19.1. The monoisotopic (exact) mass is 296 g/mol. The summed E-state index contributed by atoms with van der Waals surface area (Å²) in [4.78, 5) is 15.5. The topological polar surface area (TPSA) is 43.8 Å². The molecule has 0 atom stereocenters. The molecule has 0 fully saturated rings. The normalized spacial score (nSPS) is 10.9. The first-order chi connectivity index (χ1) is 10.0. The zero-order valence-corrected chi connectivity index (χ0v) is 13.1. The van der Waals surface area contributed by atoms with E-state index in [9.17, 15) is 14.3 Å². The summed E-state index contributed by atoms with van der Waals surface area (Å²) in [5.74, 6) is -1.90. The number of carboxylic acids is 1. The van der Waals surface area contributed by atoms with Crippen LogP contribution in [0, 0.1) is 5.82 Å². The Morgan fingerprint density at radius 1 is 1.14 bits per heavy atom. The van der Waals surface area contributed by atoms with Gasteiger partial charge in [0.1, 0.15) is 11.4 Å². The summed E-state index contributed by atoms with van der Waals surface area (Å²) >= 11 is 0. The summed E-state index contributed by atoms with van der Waals surface area (Å²) in [5.41, 5.74) is 0.228. The van der Waals surface area contributed by atoms with Gasteiger partial charge in [0.05, 0.1) is 5.69 Å². The second kappa shape index (κ2) is 8.62. The summed E-state index contributed by atoms with van der Waals surface area (Å²) in [5, 5.41) is 9.21. The SMILES string of the molecule is CCN(CC)CCCN(CC)c1cccc(F)c1C(=O)O. The molecule has 1 aromatic carbocycles. The summed E-state index contributed by atoms with van der Waals surface area (Å²) in [7, 11) is 0. The van der Waals surface area contributed by atoms with Gasteiger partial charge in [-0.25, -0.2) is 9.18 Å². The van der Waals surface area contributed by atoms with Crippen LogP contribution in [-0.4, -0.2) is 48.7 Å². The molecule has 0 amide bonds. The lowest BCUT2D eigenvalue weighted by Gasteiger charge is -2.26. The number of carboxylic acid groups (broad SMARTS) is 1. The average Bonchev–Trinajstić information content (AvgIpc) is 2.47. The minimum Gasteiger partial charge on any atom is -0.478 e. The molecule has 21 heavy (non-hydrogen) atoms. The van der Waals surface area contributed by atoms with Gasteiger partial charge >= 0.3 is 5.97 Å². The van der Waals surface area contributed by atoms with Gasteiger partial charge in [0.15, 0.2) is 0 Å². The molecule has 1 rings (SSSR count). The molecule has 0 bridgehead atoms. The Morgan fingerprint density at radius 3 is 2.33 bits per heavy atom. The molecule has 0 aliphatic carbocycles. The number of aromatic carboxylic acids is 1. The number of hydrogen-bond donors (Lipinski definition) is 1. The Balaban J connectivity index is 2.81. The number of halogens is 1. The highest BCUT2D eigenvalue weighted by molar-refractivity contribution is 5.94. The molecule has 0 saturated heterocycles. The van der Waals surface area contributed by atoms with Crippen molar-refractivity contribution in [3.8, 4) is 0 Å². The van der Waals surface area contributed by atoms with E-state index in [2.05, 4.69) is 18.7 Å². The lowest BCUT2D eigenvalue weighted by molar-refractivity contribution is 0.0692. The Labute approximate surface area is 126 Å². The molecular weight excluding hydrogens is 271 g/mol. The van der Waals surface area contributed by atoms with Crippen LogP contribution in [0.5, 0.6) is 0 Å². The molecule has 1 aromatic rings. The van der Waals surface area contributed by atoms with E-state index in [0.29, 0.717) is 12.2 Å². The second-order valence-electron chi connectivity index (χ2n) is 4.90. The molecule has 4 nitrogen and oxygen atoms in total. The third kappa shape index (κ3) is 4.70. The van der Waals surface area contributed by atoms with E-state index >= 15 is 0 Å². The fourth-order valence-corrected chi connectivity index (χ4v) is 2.46. The van der Waals surface area contributed by atoms with Gasteiger partial charge in [-0.2, -0.15) is 0 Å². The van der Waals surface area contributed by atoms with Crippen molar-refractivity contribution < 1.29 is 14.3 Å². The van der Waals surface area contributed by atoms with Gasteiger partial charge in [-0.3, -0.25) is 0 Å². The van der Waals surface area contributed by atoms with Crippen molar-refractivity contribution in [3.63, 3.8) is 0 Å². The molecule has 0 aliphatic rings. The van der Waals surface area contributed by atoms with Crippen molar-refractivity contribution in [1.82, 2.24) is 4.90 Å². The highest BCUT2D eigenvalue weighted by Gasteiger charge is 2.19. The Morgan fingerprint density at radius 2 is 1.81 bits per heavy atom. The van der Waals surface area contributed by atoms with Crippen LogP contribution in [0.25, 0.3) is 0 Å². The Kier molecular flexibility index (Phi) is 7.15. The maximum Gasteiger partial charge on any atom is 0.340 e. The van der Waals surface area contributed by atoms with E-state index in [1.807, 2.05) is 11.8 Å². The fourth-order valence-electron chi connectivity index (χ4n) is 2.46. The first-order valence-corrected chi connectivity index (χ1v) is 7.54. The third-order valence-corrected chi connectivity index (χ3v) is 3.72. The van der Waals surface area contributed by atoms with E-state index < -0.39 is 11.8 Å². The third-order valence-electron chi connectivity index (χ3n) is 3.72. The van der Waals surface area contributed by atoms with Gasteiger partial charge in [-0.1, -0.05) is 19.9 Å². The lowest BCUT2D eigenvalue weighted by atomic mass is 10.1. The number of hydrogen-bond acceptors (Lipinski definition) is 3. The lowest BCUT2D eigenvalue weighted by Crippen LogP contribution is -2.31. The number of nitrogens with zero attached hydrogens (tertiary/aromatic N) is 2. The van der Waals surface area contributed by atoms with Crippen LogP contribution < -0.4 is 4.90 Å². The first-order valence-electron chi connectivity index (χ1n) is 7.54. The van der Waals surface area contributed by atoms with Gasteiger partial charge < -0.3 is 14.9 Å². The van der Waals surface area contributed by atoms with Crippen molar-refractivity contribution in [2.24, 2.45) is 0 Å². The van der Waals surface area contributed by atoms with Gasteiger partial charge in [0, 0.05) is 13.1 Å². The minimum absolute atomic E-state index is 0.234. The second-order valence-corrected chi connectivity index (χ2v) is 4.90. The molecule has 5 heteroatoms. The van der Waals surface area contributed by atoms with Crippen LogP contribution in [0.4, 0.5) is 10.1 Å². The van der Waals surface area contributed by atoms with Crippen molar-refractivity contribution in [2.75, 3.05) is 37.6 Å². The van der Waals surface area contributed by atoms with Crippen molar-refractivity contribution in [3.05, 3.63) is 29.6 Å². The first kappa shape index (κ1) is 17.4. The van der Waals surface area contributed by atoms with Gasteiger partial charge in [-0.15, -0.1) is 0 Å². The van der Waals surface area contributed by atoms with E-state index in [0.717, 1.165) is 32.6 Å². The Hall–Kier alpha value is -1.62. The summed E-state index contributed by atoms with van der Waals surface area (Å²) in [6.45, 7) is 10.5. The highest BCUT2D eigenvalue weighted by Crippen LogP contribution is 2.23. The molecule has 1 N–H and O–H groups in total. The van der Waals surface area contributed by atoms with Gasteiger partial charge in [-0.05, 0) is 45.1 Å².